The van der Waals surface area contributed by atoms with Gasteiger partial charge in [0.2, 0.25) is 0 Å². The van der Waals surface area contributed by atoms with Crippen LogP contribution in [0.4, 0.5) is 0 Å². The summed E-state index contributed by atoms with van der Waals surface area (Å²) in [4.78, 5) is 0. The van der Waals surface area contributed by atoms with Crippen LogP contribution in [-0.4, -0.2) is 11.7 Å². The summed E-state index contributed by atoms with van der Waals surface area (Å²) in [5.41, 5.74) is 8.29. The van der Waals surface area contributed by atoms with Gasteiger partial charge < -0.3 is 10.8 Å². The van der Waals surface area contributed by atoms with Crippen molar-refractivity contribution in [3.63, 3.8) is 0 Å². The third-order valence-corrected chi connectivity index (χ3v) is 3.53. The number of hydrogen-bond donors (Lipinski definition) is 2. The number of benzene rings is 1. The Morgan fingerprint density at radius 1 is 1.54 bits per heavy atom. The highest BCUT2D eigenvalue weighted by molar-refractivity contribution is 14.1. The number of halogens is 1. The van der Waals surface area contributed by atoms with E-state index in [1.165, 1.54) is 9.13 Å². The monoisotopic (exact) mass is 291 g/mol. The average molecular weight is 291 g/mol. The molecule has 1 aromatic rings. The molecule has 1 rings (SSSR count). The highest BCUT2D eigenvalue weighted by atomic mass is 127. The van der Waals surface area contributed by atoms with Crippen molar-refractivity contribution in [1.29, 1.82) is 0 Å². The van der Waals surface area contributed by atoms with Crippen LogP contribution in [0.5, 0.6) is 0 Å². The van der Waals surface area contributed by atoms with E-state index in [4.69, 9.17) is 10.8 Å². The molecule has 2 nitrogen and oxygen atoms in total. The van der Waals surface area contributed by atoms with Crippen molar-refractivity contribution in [3.05, 3.63) is 32.9 Å². The molecule has 0 amide bonds. The first-order chi connectivity index (χ1) is 6.16. The number of rotatable bonds is 3. The molecule has 0 aromatic heterocycles. The number of aliphatic hydroxyl groups is 1. The zero-order valence-electron chi connectivity index (χ0n) is 7.63. The Labute approximate surface area is 92.3 Å². The van der Waals surface area contributed by atoms with Crippen molar-refractivity contribution in [2.75, 3.05) is 6.61 Å². The van der Waals surface area contributed by atoms with Gasteiger partial charge in [0.25, 0.3) is 0 Å². The molecular weight excluding hydrogens is 277 g/mol. The number of hydrogen-bond acceptors (Lipinski definition) is 2. The Morgan fingerprint density at radius 3 is 2.85 bits per heavy atom. The minimum atomic E-state index is -0.0446. The summed E-state index contributed by atoms with van der Waals surface area (Å²) in [7, 11) is 0. The maximum Gasteiger partial charge on any atom is 0.0449 e. The van der Waals surface area contributed by atoms with Gasteiger partial charge in [-0.05, 0) is 47.1 Å². The van der Waals surface area contributed by atoms with Crippen LogP contribution in [0.25, 0.3) is 0 Å². The molecule has 0 aliphatic rings. The fourth-order valence-corrected chi connectivity index (χ4v) is 2.01. The molecule has 1 aromatic carbocycles. The Bertz CT molecular complexity index is 288. The molecular formula is C10H14INO. The molecule has 0 heterocycles. The zero-order chi connectivity index (χ0) is 9.84. The van der Waals surface area contributed by atoms with Gasteiger partial charge in [-0.1, -0.05) is 18.2 Å². The zero-order valence-corrected chi connectivity index (χ0v) is 9.78. The lowest BCUT2D eigenvalue weighted by molar-refractivity contribution is 0.276. The summed E-state index contributed by atoms with van der Waals surface area (Å²) >= 11 is 2.30. The van der Waals surface area contributed by atoms with Crippen LogP contribution in [0.2, 0.25) is 0 Å². The van der Waals surface area contributed by atoms with Crippen molar-refractivity contribution in [1.82, 2.24) is 0 Å². The first kappa shape index (κ1) is 10.9. The first-order valence-corrected chi connectivity index (χ1v) is 5.36. The van der Waals surface area contributed by atoms with E-state index in [0.717, 1.165) is 5.56 Å². The topological polar surface area (TPSA) is 46.2 Å². The molecule has 0 spiro atoms. The third kappa shape index (κ3) is 2.65. The van der Waals surface area contributed by atoms with Gasteiger partial charge in [-0.3, -0.25) is 0 Å². The number of aliphatic hydroxyl groups excluding tert-OH is 1. The number of aryl methyl sites for hydroxylation is 1. The second-order valence-corrected chi connectivity index (χ2v) is 4.18. The lowest BCUT2D eigenvalue weighted by atomic mass is 10.0. The van der Waals surface area contributed by atoms with Crippen LogP contribution in [-0.2, 0) is 0 Å². The van der Waals surface area contributed by atoms with Gasteiger partial charge in [0.05, 0.1) is 0 Å². The molecule has 3 heteroatoms. The van der Waals surface area contributed by atoms with E-state index in [-0.39, 0.29) is 12.6 Å². The standard InChI is InChI=1S/C10H14INO/c1-7-3-2-4-8(10(7)11)9(12)5-6-13/h2-4,9,13H,5-6,12H2,1H3/t9-/m0/s1. The van der Waals surface area contributed by atoms with E-state index in [2.05, 4.69) is 35.6 Å². The summed E-state index contributed by atoms with van der Waals surface area (Å²) in [6.07, 6.45) is 0.624. The van der Waals surface area contributed by atoms with Crippen LogP contribution in [0.1, 0.15) is 23.6 Å². The minimum absolute atomic E-state index is 0.0446. The van der Waals surface area contributed by atoms with Gasteiger partial charge in [0, 0.05) is 16.2 Å². The smallest absolute Gasteiger partial charge is 0.0449 e. The molecule has 0 unspecified atom stereocenters. The van der Waals surface area contributed by atoms with E-state index >= 15 is 0 Å². The van der Waals surface area contributed by atoms with Crippen molar-refractivity contribution < 1.29 is 5.11 Å². The van der Waals surface area contributed by atoms with Gasteiger partial charge in [0.15, 0.2) is 0 Å². The Balaban J connectivity index is 2.93. The number of nitrogens with two attached hydrogens (primary N) is 1. The molecule has 0 fully saturated rings. The Hall–Kier alpha value is -0.130. The fourth-order valence-electron chi connectivity index (χ4n) is 1.25. The van der Waals surface area contributed by atoms with Gasteiger partial charge >= 0.3 is 0 Å². The molecule has 13 heavy (non-hydrogen) atoms. The van der Waals surface area contributed by atoms with Crippen LogP contribution in [0.3, 0.4) is 0 Å². The van der Waals surface area contributed by atoms with Gasteiger partial charge in [-0.25, -0.2) is 0 Å². The summed E-state index contributed by atoms with van der Waals surface area (Å²) in [6.45, 7) is 2.21. The summed E-state index contributed by atoms with van der Waals surface area (Å²) in [5, 5.41) is 8.78. The molecule has 0 saturated carbocycles. The van der Waals surface area contributed by atoms with Crippen molar-refractivity contribution in [2.24, 2.45) is 5.73 Å². The molecule has 0 aliphatic heterocycles. The molecule has 1 atom stereocenters. The van der Waals surface area contributed by atoms with E-state index < -0.39 is 0 Å². The van der Waals surface area contributed by atoms with E-state index in [1.807, 2.05) is 12.1 Å². The Morgan fingerprint density at radius 2 is 2.23 bits per heavy atom. The van der Waals surface area contributed by atoms with E-state index in [1.54, 1.807) is 0 Å². The van der Waals surface area contributed by atoms with Crippen LogP contribution in [0.15, 0.2) is 18.2 Å². The third-order valence-electron chi connectivity index (χ3n) is 2.06. The second-order valence-electron chi connectivity index (χ2n) is 3.10. The highest BCUT2D eigenvalue weighted by Gasteiger charge is 2.09. The summed E-state index contributed by atoms with van der Waals surface area (Å²) < 4.78 is 1.21. The Kier molecular flexibility index (Phi) is 4.15. The SMILES string of the molecule is Cc1cccc([C@@H](N)CCO)c1I. The molecule has 0 aliphatic carbocycles. The molecule has 72 valence electrons. The molecule has 3 N–H and O–H groups in total. The minimum Gasteiger partial charge on any atom is -0.396 e. The average Bonchev–Trinajstić information content (AvgIpc) is 2.10. The van der Waals surface area contributed by atoms with E-state index in [0.29, 0.717) is 6.42 Å². The van der Waals surface area contributed by atoms with Crippen LogP contribution in [0, 0.1) is 10.5 Å². The fraction of sp³-hybridized carbons (Fsp3) is 0.400. The van der Waals surface area contributed by atoms with Gasteiger partial charge in [-0.15, -0.1) is 0 Å². The van der Waals surface area contributed by atoms with Gasteiger partial charge in [0.1, 0.15) is 0 Å². The molecule has 0 saturated heterocycles. The quantitative estimate of drug-likeness (QED) is 0.837. The molecule has 0 radical (unpaired) electrons. The van der Waals surface area contributed by atoms with Crippen molar-refractivity contribution >= 4 is 22.6 Å². The van der Waals surface area contributed by atoms with Crippen molar-refractivity contribution in [3.8, 4) is 0 Å². The first-order valence-electron chi connectivity index (χ1n) is 4.28. The predicted octanol–water partition coefficient (Wildman–Crippen LogP) is 1.98. The second kappa shape index (κ2) is 4.93. The summed E-state index contributed by atoms with van der Waals surface area (Å²) in [5.74, 6) is 0. The van der Waals surface area contributed by atoms with E-state index in [9.17, 15) is 0 Å². The largest absolute Gasteiger partial charge is 0.396 e. The maximum absolute atomic E-state index is 8.78. The predicted molar refractivity (Wildman–Crippen MR) is 62.5 cm³/mol. The highest BCUT2D eigenvalue weighted by Crippen LogP contribution is 2.23. The maximum atomic E-state index is 8.78. The normalized spacial score (nSPS) is 12.9. The van der Waals surface area contributed by atoms with Crippen LogP contribution < -0.4 is 5.73 Å². The van der Waals surface area contributed by atoms with Crippen molar-refractivity contribution in [2.45, 2.75) is 19.4 Å². The van der Waals surface area contributed by atoms with Crippen LogP contribution >= 0.6 is 22.6 Å². The van der Waals surface area contributed by atoms with Gasteiger partial charge in [-0.2, -0.15) is 0 Å². The lowest BCUT2D eigenvalue weighted by Crippen LogP contribution is -2.13. The summed E-state index contributed by atoms with van der Waals surface area (Å²) in [6, 6.07) is 6.05. The molecule has 0 bridgehead atoms. The lowest BCUT2D eigenvalue weighted by Gasteiger charge is -2.13.